The summed E-state index contributed by atoms with van der Waals surface area (Å²) >= 11 is 0. The maximum absolute atomic E-state index is 12.1. The second-order valence-corrected chi connectivity index (χ2v) is 6.88. The van der Waals surface area contributed by atoms with E-state index in [2.05, 4.69) is 20.8 Å². The van der Waals surface area contributed by atoms with Crippen LogP contribution >= 0.6 is 0 Å². The molecule has 0 amide bonds. The predicted octanol–water partition coefficient (Wildman–Crippen LogP) is 4.27. The monoisotopic (exact) mass is 314 g/mol. The Morgan fingerprint density at radius 2 is 1.87 bits per heavy atom. The zero-order chi connectivity index (χ0) is 16.8. The van der Waals surface area contributed by atoms with Gasteiger partial charge in [-0.1, -0.05) is 63.6 Å². The van der Waals surface area contributed by atoms with Crippen molar-refractivity contribution < 1.29 is 14.3 Å². The SMILES string of the molecule is CC(C)[C@H]1CC[C@@H](C)C[C@H]1OC(=O)C(=O)/C=C/c1ccccc1. The lowest BCUT2D eigenvalue weighted by molar-refractivity contribution is -0.161. The summed E-state index contributed by atoms with van der Waals surface area (Å²) in [7, 11) is 0. The van der Waals surface area contributed by atoms with Crippen LogP contribution in [-0.2, 0) is 14.3 Å². The Balaban J connectivity index is 1.96. The Kier molecular flexibility index (Phi) is 6.14. The van der Waals surface area contributed by atoms with E-state index in [-0.39, 0.29) is 6.10 Å². The van der Waals surface area contributed by atoms with Crippen LogP contribution < -0.4 is 0 Å². The highest BCUT2D eigenvalue weighted by Gasteiger charge is 2.34. The molecule has 1 aliphatic rings. The van der Waals surface area contributed by atoms with E-state index >= 15 is 0 Å². The van der Waals surface area contributed by atoms with Gasteiger partial charge >= 0.3 is 5.97 Å². The molecule has 0 N–H and O–H groups in total. The van der Waals surface area contributed by atoms with E-state index in [0.29, 0.717) is 17.8 Å². The number of carbonyl (C=O) groups excluding carboxylic acids is 2. The molecule has 3 heteroatoms. The smallest absolute Gasteiger partial charge is 0.379 e. The zero-order valence-electron chi connectivity index (χ0n) is 14.2. The van der Waals surface area contributed by atoms with E-state index in [1.807, 2.05) is 30.3 Å². The van der Waals surface area contributed by atoms with Crippen molar-refractivity contribution in [2.24, 2.45) is 17.8 Å². The number of esters is 1. The quantitative estimate of drug-likeness (QED) is 0.463. The molecule has 1 aromatic rings. The first-order chi connectivity index (χ1) is 11.0. The third-order valence-electron chi connectivity index (χ3n) is 4.65. The number of benzene rings is 1. The molecule has 0 aromatic heterocycles. The summed E-state index contributed by atoms with van der Waals surface area (Å²) in [6.45, 7) is 6.48. The topological polar surface area (TPSA) is 43.4 Å². The van der Waals surface area contributed by atoms with Gasteiger partial charge in [-0.15, -0.1) is 0 Å². The van der Waals surface area contributed by atoms with E-state index in [1.54, 1.807) is 6.08 Å². The Morgan fingerprint density at radius 3 is 2.52 bits per heavy atom. The van der Waals surface area contributed by atoms with Gasteiger partial charge in [0.1, 0.15) is 6.10 Å². The minimum Gasteiger partial charge on any atom is -0.456 e. The van der Waals surface area contributed by atoms with Gasteiger partial charge in [0.2, 0.25) is 0 Å². The van der Waals surface area contributed by atoms with Crippen molar-refractivity contribution in [2.45, 2.75) is 46.1 Å². The molecular formula is C20H26O3. The molecule has 3 nitrogen and oxygen atoms in total. The highest BCUT2D eigenvalue weighted by Crippen LogP contribution is 2.35. The molecule has 0 radical (unpaired) electrons. The molecule has 0 spiro atoms. The van der Waals surface area contributed by atoms with E-state index in [4.69, 9.17) is 4.74 Å². The lowest BCUT2D eigenvalue weighted by Crippen LogP contribution is -2.37. The fourth-order valence-electron chi connectivity index (χ4n) is 3.25. The number of carbonyl (C=O) groups is 2. The van der Waals surface area contributed by atoms with Gasteiger partial charge in [-0.3, -0.25) is 4.79 Å². The Bertz CT molecular complexity index is 560. The average molecular weight is 314 g/mol. The Labute approximate surface area is 138 Å². The van der Waals surface area contributed by atoms with Crippen LogP contribution in [-0.4, -0.2) is 17.9 Å². The molecule has 124 valence electrons. The number of ether oxygens (including phenoxy) is 1. The van der Waals surface area contributed by atoms with Crippen LogP contribution in [0.2, 0.25) is 0 Å². The number of rotatable bonds is 5. The number of hydrogen-bond acceptors (Lipinski definition) is 3. The molecule has 1 aromatic carbocycles. The lowest BCUT2D eigenvalue weighted by atomic mass is 9.75. The number of ketones is 1. The summed E-state index contributed by atoms with van der Waals surface area (Å²) in [6.07, 6.45) is 5.88. The average Bonchev–Trinajstić information content (AvgIpc) is 2.53. The first-order valence-corrected chi connectivity index (χ1v) is 8.45. The van der Waals surface area contributed by atoms with Crippen molar-refractivity contribution in [1.82, 2.24) is 0 Å². The third kappa shape index (κ3) is 5.05. The normalized spacial score (nSPS) is 24.8. The van der Waals surface area contributed by atoms with E-state index < -0.39 is 11.8 Å². The fourth-order valence-corrected chi connectivity index (χ4v) is 3.25. The second-order valence-electron chi connectivity index (χ2n) is 6.88. The van der Waals surface area contributed by atoms with Gasteiger partial charge in [-0.05, 0) is 42.2 Å². The summed E-state index contributed by atoms with van der Waals surface area (Å²) in [6, 6.07) is 9.45. The molecule has 0 heterocycles. The highest BCUT2D eigenvalue weighted by atomic mass is 16.5. The molecule has 23 heavy (non-hydrogen) atoms. The Morgan fingerprint density at radius 1 is 1.17 bits per heavy atom. The van der Waals surface area contributed by atoms with Crippen molar-refractivity contribution in [3.8, 4) is 0 Å². The van der Waals surface area contributed by atoms with Crippen LogP contribution in [0, 0.1) is 17.8 Å². The van der Waals surface area contributed by atoms with Crippen LogP contribution in [0.4, 0.5) is 0 Å². The van der Waals surface area contributed by atoms with Gasteiger partial charge < -0.3 is 4.74 Å². The van der Waals surface area contributed by atoms with Gasteiger partial charge in [0.15, 0.2) is 0 Å². The van der Waals surface area contributed by atoms with Crippen molar-refractivity contribution in [3.63, 3.8) is 0 Å². The van der Waals surface area contributed by atoms with E-state index in [9.17, 15) is 9.59 Å². The summed E-state index contributed by atoms with van der Waals surface area (Å²) in [4.78, 5) is 24.1. The predicted molar refractivity (Wildman–Crippen MR) is 91.7 cm³/mol. The first-order valence-electron chi connectivity index (χ1n) is 8.45. The molecule has 1 aliphatic carbocycles. The highest BCUT2D eigenvalue weighted by molar-refractivity contribution is 6.39. The summed E-state index contributed by atoms with van der Waals surface area (Å²) in [5.41, 5.74) is 0.889. The summed E-state index contributed by atoms with van der Waals surface area (Å²) in [5, 5.41) is 0. The van der Waals surface area contributed by atoms with Crippen molar-refractivity contribution in [3.05, 3.63) is 42.0 Å². The van der Waals surface area contributed by atoms with Crippen molar-refractivity contribution >= 4 is 17.8 Å². The van der Waals surface area contributed by atoms with Crippen LogP contribution in [0.3, 0.4) is 0 Å². The molecule has 1 fully saturated rings. The molecule has 1 saturated carbocycles. The van der Waals surface area contributed by atoms with Gasteiger partial charge in [-0.25, -0.2) is 4.79 Å². The minimum absolute atomic E-state index is 0.139. The fraction of sp³-hybridized carbons (Fsp3) is 0.500. The van der Waals surface area contributed by atoms with Crippen LogP contribution in [0.15, 0.2) is 36.4 Å². The standard InChI is InChI=1S/C20H26O3/c1-14(2)17-11-9-15(3)13-19(17)23-20(22)18(21)12-10-16-7-5-4-6-8-16/h4-8,10,12,14-15,17,19H,9,11,13H2,1-3H3/b12-10+/t15-,17-,19-/m1/s1. The van der Waals surface area contributed by atoms with E-state index in [1.165, 1.54) is 12.5 Å². The summed E-state index contributed by atoms with van der Waals surface area (Å²) in [5.74, 6) is 0.0191. The molecule has 0 bridgehead atoms. The van der Waals surface area contributed by atoms with Gasteiger partial charge in [0.25, 0.3) is 5.78 Å². The van der Waals surface area contributed by atoms with Gasteiger partial charge in [0.05, 0.1) is 0 Å². The second kappa shape index (κ2) is 8.09. The maximum atomic E-state index is 12.1. The zero-order valence-corrected chi connectivity index (χ0v) is 14.2. The number of hydrogen-bond donors (Lipinski definition) is 0. The lowest BCUT2D eigenvalue weighted by Gasteiger charge is -2.36. The third-order valence-corrected chi connectivity index (χ3v) is 4.65. The molecule has 3 atom stereocenters. The van der Waals surface area contributed by atoms with Crippen LogP contribution in [0.1, 0.15) is 45.6 Å². The minimum atomic E-state index is -0.734. The molecular weight excluding hydrogens is 288 g/mol. The summed E-state index contributed by atoms with van der Waals surface area (Å²) < 4.78 is 5.55. The Hall–Kier alpha value is -1.90. The van der Waals surface area contributed by atoms with E-state index in [0.717, 1.165) is 18.4 Å². The maximum Gasteiger partial charge on any atom is 0.379 e. The van der Waals surface area contributed by atoms with Crippen LogP contribution in [0.5, 0.6) is 0 Å². The van der Waals surface area contributed by atoms with Crippen LogP contribution in [0.25, 0.3) is 6.08 Å². The molecule has 2 rings (SSSR count). The largest absolute Gasteiger partial charge is 0.456 e. The first kappa shape index (κ1) is 17.5. The van der Waals surface area contributed by atoms with Crippen molar-refractivity contribution in [2.75, 3.05) is 0 Å². The molecule has 0 unspecified atom stereocenters. The van der Waals surface area contributed by atoms with Gasteiger partial charge in [0, 0.05) is 0 Å². The molecule has 0 aliphatic heterocycles. The van der Waals surface area contributed by atoms with Crippen molar-refractivity contribution in [1.29, 1.82) is 0 Å². The molecule has 0 saturated heterocycles. The van der Waals surface area contributed by atoms with Gasteiger partial charge in [-0.2, -0.15) is 0 Å².